The number of benzene rings is 1. The zero-order valence-electron chi connectivity index (χ0n) is 20.3. The fourth-order valence-corrected chi connectivity index (χ4v) is 4.95. The lowest BCUT2D eigenvalue weighted by atomic mass is 9.89. The molecular weight excluding hydrogens is 442 g/mol. The number of nitroso groups, excluding NO2 is 2. The predicted octanol–water partition coefficient (Wildman–Crippen LogP) is 4.49. The number of fused-ring (bicyclic) bond motifs is 1. The van der Waals surface area contributed by atoms with E-state index in [0.717, 1.165) is 47.7 Å². The molecular formula is C27H31N5O3. The van der Waals surface area contributed by atoms with Gasteiger partial charge in [-0.15, -0.1) is 0 Å². The summed E-state index contributed by atoms with van der Waals surface area (Å²) in [6.07, 6.45) is 12.7. The highest BCUT2D eigenvalue weighted by atomic mass is 16.5. The molecule has 4 aliphatic heterocycles. The molecule has 1 aromatic rings. The molecule has 3 unspecified atom stereocenters. The number of dihydropyridines is 2. The smallest absolute Gasteiger partial charge is 0.138 e. The van der Waals surface area contributed by atoms with E-state index in [0.29, 0.717) is 6.54 Å². The second kappa shape index (κ2) is 8.92. The largest absolute Gasteiger partial charge is 0.458 e. The number of nitrogens with zero attached hydrogens (tertiary/aromatic N) is 3. The SMILES string of the molecule is CC1(N=O)CCN(Cc2ccc(C3=CC4NC=CC(C5=CC(C(C)(C)N=O)NC=C5)=C4O3)cc2)C1. The van der Waals surface area contributed by atoms with Crippen molar-refractivity contribution in [1.82, 2.24) is 15.5 Å². The number of nitrogens with one attached hydrogen (secondary N) is 2. The van der Waals surface area contributed by atoms with Crippen LogP contribution in [-0.2, 0) is 11.3 Å². The molecule has 0 saturated carbocycles. The summed E-state index contributed by atoms with van der Waals surface area (Å²) >= 11 is 0. The van der Waals surface area contributed by atoms with Crippen LogP contribution in [-0.4, -0.2) is 41.2 Å². The third kappa shape index (κ3) is 4.58. The van der Waals surface area contributed by atoms with E-state index in [2.05, 4.69) is 56.2 Å². The summed E-state index contributed by atoms with van der Waals surface area (Å²) in [6.45, 7) is 7.95. The molecule has 8 nitrogen and oxygen atoms in total. The van der Waals surface area contributed by atoms with Gasteiger partial charge in [-0.1, -0.05) is 40.7 Å². The number of allylic oxidation sites excluding steroid dienone is 4. The van der Waals surface area contributed by atoms with Gasteiger partial charge in [0.25, 0.3) is 0 Å². The molecule has 0 aliphatic carbocycles. The van der Waals surface area contributed by atoms with Crippen LogP contribution in [0.25, 0.3) is 5.76 Å². The Kier molecular flexibility index (Phi) is 5.92. The minimum Gasteiger partial charge on any atom is -0.458 e. The molecule has 3 atom stereocenters. The van der Waals surface area contributed by atoms with Crippen LogP contribution in [0, 0.1) is 9.81 Å². The number of likely N-dealkylation sites (tertiary alicyclic amines) is 1. The van der Waals surface area contributed by atoms with E-state index in [1.807, 2.05) is 51.4 Å². The summed E-state index contributed by atoms with van der Waals surface area (Å²) in [4.78, 5) is 24.7. The lowest BCUT2D eigenvalue weighted by molar-refractivity contribution is 0.310. The number of hydrogen-bond acceptors (Lipinski definition) is 8. The molecule has 1 fully saturated rings. The van der Waals surface area contributed by atoms with E-state index in [1.54, 1.807) is 0 Å². The van der Waals surface area contributed by atoms with Crippen molar-refractivity contribution in [3.8, 4) is 0 Å². The molecule has 35 heavy (non-hydrogen) atoms. The van der Waals surface area contributed by atoms with Gasteiger partial charge in [0.2, 0.25) is 0 Å². The van der Waals surface area contributed by atoms with E-state index in [-0.39, 0.29) is 12.1 Å². The van der Waals surface area contributed by atoms with Gasteiger partial charge in [-0.3, -0.25) is 4.90 Å². The van der Waals surface area contributed by atoms with Crippen molar-refractivity contribution in [1.29, 1.82) is 0 Å². The molecule has 5 rings (SSSR count). The monoisotopic (exact) mass is 473 g/mol. The van der Waals surface area contributed by atoms with Crippen molar-refractivity contribution in [2.75, 3.05) is 13.1 Å². The van der Waals surface area contributed by atoms with Crippen LogP contribution in [0.1, 0.15) is 38.3 Å². The molecule has 182 valence electrons. The first-order valence-electron chi connectivity index (χ1n) is 12.0. The Balaban J connectivity index is 1.32. The van der Waals surface area contributed by atoms with Crippen molar-refractivity contribution in [2.45, 2.75) is 56.9 Å². The molecule has 0 spiro atoms. The molecule has 0 radical (unpaired) electrons. The molecule has 1 aromatic carbocycles. The van der Waals surface area contributed by atoms with Crippen LogP contribution >= 0.6 is 0 Å². The highest BCUT2D eigenvalue weighted by Gasteiger charge is 2.35. The maximum absolute atomic E-state index is 11.3. The van der Waals surface area contributed by atoms with Crippen molar-refractivity contribution < 1.29 is 4.74 Å². The van der Waals surface area contributed by atoms with Crippen molar-refractivity contribution >= 4 is 5.76 Å². The quantitative estimate of drug-likeness (QED) is 0.567. The topological polar surface area (TPSA) is 95.4 Å². The van der Waals surface area contributed by atoms with E-state index in [1.165, 1.54) is 5.56 Å². The lowest BCUT2D eigenvalue weighted by Gasteiger charge is -2.29. The molecule has 0 amide bonds. The van der Waals surface area contributed by atoms with Gasteiger partial charge in [-0.05, 0) is 69.0 Å². The van der Waals surface area contributed by atoms with E-state index in [4.69, 9.17) is 4.74 Å². The van der Waals surface area contributed by atoms with Crippen LogP contribution in [0.3, 0.4) is 0 Å². The highest BCUT2D eigenvalue weighted by molar-refractivity contribution is 5.68. The average Bonchev–Trinajstić information content (AvgIpc) is 3.48. The second-order valence-corrected chi connectivity index (χ2v) is 10.5. The maximum Gasteiger partial charge on any atom is 0.138 e. The van der Waals surface area contributed by atoms with Gasteiger partial charge in [-0.25, -0.2) is 0 Å². The Labute approximate surface area is 205 Å². The molecule has 4 heterocycles. The minimum absolute atomic E-state index is 0.0531. The normalized spacial score (nSPS) is 28.0. The van der Waals surface area contributed by atoms with Gasteiger partial charge in [0.1, 0.15) is 28.6 Å². The molecule has 0 bridgehead atoms. The Bertz CT molecular complexity index is 1180. The predicted molar refractivity (Wildman–Crippen MR) is 137 cm³/mol. The summed E-state index contributed by atoms with van der Waals surface area (Å²) in [5, 5.41) is 13.2. The lowest BCUT2D eigenvalue weighted by Crippen LogP contribution is -2.43. The zero-order valence-corrected chi connectivity index (χ0v) is 20.3. The summed E-state index contributed by atoms with van der Waals surface area (Å²) in [6, 6.07) is 8.14. The summed E-state index contributed by atoms with van der Waals surface area (Å²) in [5.74, 6) is 1.66. The summed E-state index contributed by atoms with van der Waals surface area (Å²) < 4.78 is 6.37. The van der Waals surface area contributed by atoms with Crippen molar-refractivity contribution in [3.05, 3.63) is 98.8 Å². The van der Waals surface area contributed by atoms with Gasteiger partial charge in [0, 0.05) is 30.8 Å². The molecule has 8 heteroatoms. The van der Waals surface area contributed by atoms with Gasteiger partial charge in [0.15, 0.2) is 0 Å². The van der Waals surface area contributed by atoms with Crippen LogP contribution in [0.2, 0.25) is 0 Å². The average molecular weight is 474 g/mol. The maximum atomic E-state index is 11.3. The van der Waals surface area contributed by atoms with E-state index < -0.39 is 11.1 Å². The van der Waals surface area contributed by atoms with Crippen LogP contribution in [0.15, 0.2) is 88.2 Å². The first-order chi connectivity index (χ1) is 16.8. The third-order valence-electron chi connectivity index (χ3n) is 7.20. The number of hydrogen-bond donors (Lipinski definition) is 2. The van der Waals surface area contributed by atoms with Gasteiger partial charge in [-0.2, -0.15) is 9.81 Å². The standard InChI is InChI=1S/C27H31N5O3/c1-26(2,30-33)24-14-20(8-11-29-24)21-9-12-28-22-15-23(35-25(21)22)19-6-4-18(5-7-19)16-32-13-10-27(3,17-32)31-34/h4-9,11-12,14-15,22,24,28-29H,10,13,16-17H2,1-3H3. The van der Waals surface area contributed by atoms with Gasteiger partial charge < -0.3 is 15.4 Å². The zero-order chi connectivity index (χ0) is 24.6. The van der Waals surface area contributed by atoms with Crippen LogP contribution < -0.4 is 10.6 Å². The summed E-state index contributed by atoms with van der Waals surface area (Å²) in [7, 11) is 0. The highest BCUT2D eigenvalue weighted by Crippen LogP contribution is 2.37. The molecule has 0 aromatic heterocycles. The fourth-order valence-electron chi connectivity index (χ4n) is 4.95. The Morgan fingerprint density at radius 2 is 1.89 bits per heavy atom. The van der Waals surface area contributed by atoms with Gasteiger partial charge >= 0.3 is 0 Å². The minimum atomic E-state index is -0.767. The number of rotatable bonds is 7. The number of ether oxygens (including phenoxy) is 1. The Hall–Kier alpha value is -3.52. The van der Waals surface area contributed by atoms with Crippen LogP contribution in [0.5, 0.6) is 0 Å². The van der Waals surface area contributed by atoms with Gasteiger partial charge in [0.05, 0.1) is 6.04 Å². The molecule has 2 N–H and O–H groups in total. The third-order valence-corrected chi connectivity index (χ3v) is 7.20. The fraction of sp³-hybridized carbons (Fsp3) is 0.407. The van der Waals surface area contributed by atoms with E-state index in [9.17, 15) is 9.81 Å². The summed E-state index contributed by atoms with van der Waals surface area (Å²) in [5.41, 5.74) is 2.96. The first-order valence-corrected chi connectivity index (χ1v) is 12.0. The molecule has 1 saturated heterocycles. The Morgan fingerprint density at radius 1 is 1.11 bits per heavy atom. The second-order valence-electron chi connectivity index (χ2n) is 10.5. The van der Waals surface area contributed by atoms with E-state index >= 15 is 0 Å². The van der Waals surface area contributed by atoms with Crippen molar-refractivity contribution in [2.24, 2.45) is 10.4 Å². The first kappa shape index (κ1) is 23.2. The Morgan fingerprint density at radius 3 is 2.60 bits per heavy atom. The van der Waals surface area contributed by atoms with Crippen molar-refractivity contribution in [3.63, 3.8) is 0 Å². The van der Waals surface area contributed by atoms with Crippen LogP contribution in [0.4, 0.5) is 0 Å². The molecule has 4 aliphatic rings.